The highest BCUT2D eigenvalue weighted by molar-refractivity contribution is 7.92. The van der Waals surface area contributed by atoms with E-state index in [1.54, 1.807) is 31.2 Å². The molecule has 9 heteroatoms. The molecule has 0 bridgehead atoms. The first-order valence-corrected chi connectivity index (χ1v) is 10.7. The Morgan fingerprint density at radius 1 is 1.14 bits per heavy atom. The Kier molecular flexibility index (Phi) is 7.33. The van der Waals surface area contributed by atoms with Crippen LogP contribution in [-0.4, -0.2) is 39.2 Å². The number of amides is 1. The molecule has 1 atom stereocenters. The van der Waals surface area contributed by atoms with Crippen molar-refractivity contribution in [1.82, 2.24) is 5.32 Å². The van der Waals surface area contributed by atoms with Crippen molar-refractivity contribution in [3.63, 3.8) is 0 Å². The Bertz CT molecular complexity index is 977. The lowest BCUT2D eigenvalue weighted by Gasteiger charge is -2.24. The van der Waals surface area contributed by atoms with Crippen LogP contribution in [0.1, 0.15) is 18.1 Å². The van der Waals surface area contributed by atoms with Crippen LogP contribution in [0.4, 0.5) is 10.1 Å². The van der Waals surface area contributed by atoms with Gasteiger partial charge in [0.1, 0.15) is 12.4 Å². The van der Waals surface area contributed by atoms with Crippen molar-refractivity contribution < 1.29 is 27.1 Å². The number of carbonyl (C=O) groups is 2. The highest BCUT2D eigenvalue weighted by atomic mass is 32.2. The van der Waals surface area contributed by atoms with Crippen molar-refractivity contribution in [2.24, 2.45) is 0 Å². The van der Waals surface area contributed by atoms with Gasteiger partial charge in [0.15, 0.2) is 6.10 Å². The van der Waals surface area contributed by atoms with Gasteiger partial charge >= 0.3 is 5.97 Å². The zero-order valence-corrected chi connectivity index (χ0v) is 17.2. The molecule has 0 saturated heterocycles. The van der Waals surface area contributed by atoms with E-state index < -0.39 is 34.5 Å². The third-order valence-corrected chi connectivity index (χ3v) is 5.24. The Morgan fingerprint density at radius 2 is 1.76 bits per heavy atom. The fourth-order valence-corrected chi connectivity index (χ4v) is 3.47. The number of ether oxygens (including phenoxy) is 1. The van der Waals surface area contributed by atoms with Crippen LogP contribution in [0, 0.1) is 12.7 Å². The van der Waals surface area contributed by atoms with Gasteiger partial charge in [0.05, 0.1) is 11.9 Å². The van der Waals surface area contributed by atoms with Crippen molar-refractivity contribution in [3.05, 3.63) is 65.5 Å². The van der Waals surface area contributed by atoms with E-state index in [2.05, 4.69) is 5.32 Å². The SMILES string of the molecule is Cc1ccccc1N(CC(=O)O[C@H](C)C(=O)NCc1ccc(F)cc1)S(C)(=O)=O. The summed E-state index contributed by atoms with van der Waals surface area (Å²) >= 11 is 0. The predicted octanol–water partition coefficient (Wildman–Crippen LogP) is 2.15. The second kappa shape index (κ2) is 9.51. The minimum absolute atomic E-state index is 0.139. The fraction of sp³-hybridized carbons (Fsp3) is 0.300. The molecule has 0 aliphatic carbocycles. The molecule has 0 fully saturated rings. The number of benzene rings is 2. The van der Waals surface area contributed by atoms with E-state index in [9.17, 15) is 22.4 Å². The van der Waals surface area contributed by atoms with Gasteiger partial charge in [-0.1, -0.05) is 30.3 Å². The van der Waals surface area contributed by atoms with Crippen LogP contribution in [-0.2, 0) is 30.9 Å². The summed E-state index contributed by atoms with van der Waals surface area (Å²) in [4.78, 5) is 24.4. The number of hydrogen-bond acceptors (Lipinski definition) is 5. The van der Waals surface area contributed by atoms with Crippen molar-refractivity contribution in [2.45, 2.75) is 26.5 Å². The largest absolute Gasteiger partial charge is 0.451 e. The normalized spacial score (nSPS) is 12.1. The number of anilines is 1. The van der Waals surface area contributed by atoms with Crippen LogP contribution in [0.2, 0.25) is 0 Å². The maximum Gasteiger partial charge on any atom is 0.327 e. The minimum Gasteiger partial charge on any atom is -0.451 e. The topological polar surface area (TPSA) is 92.8 Å². The van der Waals surface area contributed by atoms with E-state index in [4.69, 9.17) is 4.74 Å². The summed E-state index contributed by atoms with van der Waals surface area (Å²) in [6.45, 7) is 2.69. The molecule has 156 valence electrons. The monoisotopic (exact) mass is 422 g/mol. The summed E-state index contributed by atoms with van der Waals surface area (Å²) in [6.07, 6.45) is -0.132. The number of nitrogens with one attached hydrogen (secondary N) is 1. The van der Waals surface area contributed by atoms with E-state index >= 15 is 0 Å². The van der Waals surface area contributed by atoms with E-state index in [1.807, 2.05) is 0 Å². The molecule has 0 radical (unpaired) electrons. The molecule has 1 amide bonds. The molecular weight excluding hydrogens is 399 g/mol. The average molecular weight is 422 g/mol. The van der Waals surface area contributed by atoms with E-state index in [0.29, 0.717) is 16.8 Å². The highest BCUT2D eigenvalue weighted by Crippen LogP contribution is 2.22. The van der Waals surface area contributed by atoms with Gasteiger partial charge in [0, 0.05) is 6.54 Å². The smallest absolute Gasteiger partial charge is 0.327 e. The van der Waals surface area contributed by atoms with Crippen molar-refractivity contribution in [1.29, 1.82) is 0 Å². The predicted molar refractivity (Wildman–Crippen MR) is 107 cm³/mol. The average Bonchev–Trinajstić information content (AvgIpc) is 2.65. The molecule has 0 aliphatic heterocycles. The summed E-state index contributed by atoms with van der Waals surface area (Å²) in [7, 11) is -3.74. The maximum absolute atomic E-state index is 12.9. The van der Waals surface area contributed by atoms with Crippen molar-refractivity contribution in [2.75, 3.05) is 17.1 Å². The molecule has 0 saturated carbocycles. The van der Waals surface area contributed by atoms with Gasteiger partial charge in [-0.25, -0.2) is 12.8 Å². The summed E-state index contributed by atoms with van der Waals surface area (Å²) in [5, 5.41) is 2.58. The Morgan fingerprint density at radius 3 is 2.34 bits per heavy atom. The number of rotatable bonds is 8. The van der Waals surface area contributed by atoms with E-state index in [1.165, 1.54) is 31.2 Å². The number of sulfonamides is 1. The molecule has 0 aromatic heterocycles. The summed E-state index contributed by atoms with van der Waals surface area (Å²) in [5.74, 6) is -1.79. The third kappa shape index (κ3) is 6.56. The number of hydrogen-bond donors (Lipinski definition) is 1. The molecule has 1 N–H and O–H groups in total. The van der Waals surface area contributed by atoms with E-state index in [0.717, 1.165) is 10.6 Å². The molecule has 2 aromatic carbocycles. The van der Waals surface area contributed by atoms with Crippen LogP contribution in [0.25, 0.3) is 0 Å². The standard InChI is InChI=1S/C20H23FN2O5S/c1-14-6-4-5-7-18(14)23(29(3,26)27)13-19(24)28-15(2)20(25)22-12-16-8-10-17(21)11-9-16/h4-11,15H,12-13H2,1-3H3,(H,22,25)/t15-/m1/s1. The van der Waals surface area contributed by atoms with Crippen LogP contribution in [0.15, 0.2) is 48.5 Å². The van der Waals surface area contributed by atoms with Crippen LogP contribution in [0.5, 0.6) is 0 Å². The lowest BCUT2D eigenvalue weighted by molar-refractivity contribution is -0.153. The molecule has 2 rings (SSSR count). The van der Waals surface area contributed by atoms with Crippen LogP contribution < -0.4 is 9.62 Å². The highest BCUT2D eigenvalue weighted by Gasteiger charge is 2.25. The summed E-state index contributed by atoms with van der Waals surface area (Å²) < 4.78 is 43.2. The van der Waals surface area contributed by atoms with Gasteiger partial charge in [-0.15, -0.1) is 0 Å². The van der Waals surface area contributed by atoms with Gasteiger partial charge < -0.3 is 10.1 Å². The molecular formula is C20H23FN2O5S. The molecule has 2 aromatic rings. The third-order valence-electron chi connectivity index (χ3n) is 4.11. The number of aryl methyl sites for hydroxylation is 1. The summed E-state index contributed by atoms with van der Waals surface area (Å²) in [5.41, 5.74) is 1.72. The van der Waals surface area contributed by atoms with E-state index in [-0.39, 0.29) is 12.4 Å². The van der Waals surface area contributed by atoms with Crippen LogP contribution >= 0.6 is 0 Å². The lowest BCUT2D eigenvalue weighted by Crippen LogP contribution is -2.40. The molecule has 29 heavy (non-hydrogen) atoms. The molecule has 0 unspecified atom stereocenters. The Balaban J connectivity index is 1.97. The van der Waals surface area contributed by atoms with Gasteiger partial charge in [-0.3, -0.25) is 13.9 Å². The lowest BCUT2D eigenvalue weighted by atomic mass is 10.2. The first kappa shape index (κ1) is 22.4. The number of nitrogens with zero attached hydrogens (tertiary/aromatic N) is 1. The Labute approximate surface area is 169 Å². The number of para-hydroxylation sites is 1. The number of halogens is 1. The fourth-order valence-electron chi connectivity index (χ4n) is 2.56. The zero-order valence-electron chi connectivity index (χ0n) is 16.4. The number of carbonyl (C=O) groups excluding carboxylic acids is 2. The zero-order chi connectivity index (χ0) is 21.6. The van der Waals surface area contributed by atoms with Gasteiger partial charge in [0.25, 0.3) is 5.91 Å². The summed E-state index contributed by atoms with van der Waals surface area (Å²) in [6, 6.07) is 12.3. The quantitative estimate of drug-likeness (QED) is 0.658. The molecule has 0 spiro atoms. The van der Waals surface area contributed by atoms with Gasteiger partial charge in [-0.2, -0.15) is 0 Å². The van der Waals surface area contributed by atoms with Gasteiger partial charge in [-0.05, 0) is 43.2 Å². The molecule has 7 nitrogen and oxygen atoms in total. The Hall–Kier alpha value is -2.94. The van der Waals surface area contributed by atoms with Crippen LogP contribution in [0.3, 0.4) is 0 Å². The molecule has 0 heterocycles. The number of esters is 1. The van der Waals surface area contributed by atoms with Gasteiger partial charge in [0.2, 0.25) is 10.0 Å². The minimum atomic E-state index is -3.74. The second-order valence-electron chi connectivity index (χ2n) is 6.53. The second-order valence-corrected chi connectivity index (χ2v) is 8.44. The first-order chi connectivity index (χ1) is 13.6. The molecule has 0 aliphatic rings. The van der Waals surface area contributed by atoms with Crippen molar-refractivity contribution in [3.8, 4) is 0 Å². The van der Waals surface area contributed by atoms with Crippen molar-refractivity contribution >= 4 is 27.6 Å². The maximum atomic E-state index is 12.9. The first-order valence-electron chi connectivity index (χ1n) is 8.83.